The minimum Gasteiger partial charge on any atom is -0.325 e. The highest BCUT2D eigenvalue weighted by Gasteiger charge is 2.23. The highest BCUT2D eigenvalue weighted by Crippen LogP contribution is 2.14. The number of nitrogens with one attached hydrogen (secondary N) is 1. The Labute approximate surface area is 113 Å². The van der Waals surface area contributed by atoms with E-state index in [4.69, 9.17) is 0 Å². The van der Waals surface area contributed by atoms with E-state index in [2.05, 4.69) is 29.8 Å². The highest BCUT2D eigenvalue weighted by atomic mass is 32.1. The monoisotopic (exact) mass is 267 g/mol. The Kier molecular flexibility index (Phi) is 4.60. The number of thiophene rings is 1. The molecule has 5 heteroatoms. The van der Waals surface area contributed by atoms with Crippen molar-refractivity contribution in [3.63, 3.8) is 0 Å². The van der Waals surface area contributed by atoms with Gasteiger partial charge in [-0.25, -0.2) is 4.79 Å². The Bertz CT molecular complexity index is 374. The normalized spacial score (nSPS) is 17.6. The molecule has 1 fully saturated rings. The fourth-order valence-corrected chi connectivity index (χ4v) is 2.95. The molecule has 1 aliphatic heterocycles. The highest BCUT2D eigenvalue weighted by molar-refractivity contribution is 7.09. The van der Waals surface area contributed by atoms with E-state index in [0.717, 1.165) is 32.6 Å². The standard InChI is InChI=1S/C13H21N3OS/c1-11(10-12-4-3-9-18-12)15(2)13(17)16-7-5-14-6-8-16/h3-4,9,11,14H,5-8,10H2,1-2H3. The van der Waals surface area contributed by atoms with Crippen molar-refractivity contribution in [3.05, 3.63) is 22.4 Å². The quantitative estimate of drug-likeness (QED) is 0.903. The molecule has 0 aliphatic carbocycles. The van der Waals surface area contributed by atoms with Crippen molar-refractivity contribution in [3.8, 4) is 0 Å². The first kappa shape index (κ1) is 13.4. The van der Waals surface area contributed by atoms with Crippen LogP contribution in [-0.4, -0.2) is 55.1 Å². The van der Waals surface area contributed by atoms with Gasteiger partial charge in [0.25, 0.3) is 0 Å². The molecule has 1 atom stereocenters. The first-order valence-corrected chi connectivity index (χ1v) is 7.31. The van der Waals surface area contributed by atoms with Crippen LogP contribution < -0.4 is 5.32 Å². The van der Waals surface area contributed by atoms with Gasteiger partial charge in [0, 0.05) is 50.6 Å². The lowest BCUT2D eigenvalue weighted by molar-refractivity contribution is 0.143. The van der Waals surface area contributed by atoms with Gasteiger partial charge in [0.1, 0.15) is 0 Å². The molecule has 18 heavy (non-hydrogen) atoms. The maximum atomic E-state index is 12.3. The first-order chi connectivity index (χ1) is 8.68. The number of rotatable bonds is 3. The van der Waals surface area contributed by atoms with Gasteiger partial charge in [-0.1, -0.05) is 6.07 Å². The lowest BCUT2D eigenvalue weighted by Crippen LogP contribution is -2.52. The Hall–Kier alpha value is -1.07. The largest absolute Gasteiger partial charge is 0.325 e. The molecule has 100 valence electrons. The molecular formula is C13H21N3OS. The third-order valence-corrected chi connectivity index (χ3v) is 4.33. The summed E-state index contributed by atoms with van der Waals surface area (Å²) >= 11 is 1.75. The van der Waals surface area contributed by atoms with Crippen molar-refractivity contribution < 1.29 is 4.79 Å². The summed E-state index contributed by atoms with van der Waals surface area (Å²) < 4.78 is 0. The van der Waals surface area contributed by atoms with Crippen LogP contribution in [0.15, 0.2) is 17.5 Å². The van der Waals surface area contributed by atoms with Crippen LogP contribution in [0.3, 0.4) is 0 Å². The summed E-state index contributed by atoms with van der Waals surface area (Å²) in [7, 11) is 1.91. The predicted octanol–water partition coefficient (Wildman–Crippen LogP) is 1.64. The number of likely N-dealkylation sites (N-methyl/N-ethyl adjacent to an activating group) is 1. The van der Waals surface area contributed by atoms with Crippen LogP contribution in [0.5, 0.6) is 0 Å². The Morgan fingerprint density at radius 1 is 1.56 bits per heavy atom. The summed E-state index contributed by atoms with van der Waals surface area (Å²) in [6, 6.07) is 4.58. The second-order valence-corrected chi connectivity index (χ2v) is 5.80. The molecule has 1 unspecified atom stereocenters. The Morgan fingerprint density at radius 3 is 2.89 bits per heavy atom. The molecule has 0 radical (unpaired) electrons. The van der Waals surface area contributed by atoms with E-state index >= 15 is 0 Å². The summed E-state index contributed by atoms with van der Waals surface area (Å²) in [5.41, 5.74) is 0. The molecule has 1 aromatic rings. The number of amides is 2. The molecule has 2 heterocycles. The molecule has 0 spiro atoms. The lowest BCUT2D eigenvalue weighted by Gasteiger charge is -2.34. The Balaban J connectivity index is 1.88. The zero-order chi connectivity index (χ0) is 13.0. The van der Waals surface area contributed by atoms with E-state index < -0.39 is 0 Å². The van der Waals surface area contributed by atoms with Gasteiger partial charge in [-0.15, -0.1) is 11.3 Å². The van der Waals surface area contributed by atoms with Gasteiger partial charge in [0.05, 0.1) is 0 Å². The second kappa shape index (κ2) is 6.20. The zero-order valence-electron chi connectivity index (χ0n) is 11.1. The van der Waals surface area contributed by atoms with Crippen molar-refractivity contribution in [1.29, 1.82) is 0 Å². The number of carbonyl (C=O) groups excluding carboxylic acids is 1. The van der Waals surface area contributed by atoms with Crippen LogP contribution in [0.25, 0.3) is 0 Å². The maximum Gasteiger partial charge on any atom is 0.320 e. The van der Waals surface area contributed by atoms with Crippen LogP contribution >= 0.6 is 11.3 Å². The van der Waals surface area contributed by atoms with Gasteiger partial charge < -0.3 is 15.1 Å². The molecule has 1 aromatic heterocycles. The average Bonchev–Trinajstić information content (AvgIpc) is 2.91. The number of hydrogen-bond donors (Lipinski definition) is 1. The van der Waals surface area contributed by atoms with E-state index in [-0.39, 0.29) is 12.1 Å². The SMILES string of the molecule is CC(Cc1cccs1)N(C)C(=O)N1CCNCC1. The number of hydrogen-bond acceptors (Lipinski definition) is 3. The van der Waals surface area contributed by atoms with Crippen molar-refractivity contribution >= 4 is 17.4 Å². The van der Waals surface area contributed by atoms with Crippen molar-refractivity contribution in [1.82, 2.24) is 15.1 Å². The molecule has 1 saturated heterocycles. The van der Waals surface area contributed by atoms with Gasteiger partial charge in [-0.2, -0.15) is 0 Å². The summed E-state index contributed by atoms with van der Waals surface area (Å²) in [4.78, 5) is 17.4. The van der Waals surface area contributed by atoms with Crippen LogP contribution in [0.2, 0.25) is 0 Å². The molecule has 2 rings (SSSR count). The maximum absolute atomic E-state index is 12.3. The summed E-state index contributed by atoms with van der Waals surface area (Å²) in [6.45, 7) is 5.54. The fourth-order valence-electron chi connectivity index (χ4n) is 2.12. The van der Waals surface area contributed by atoms with Gasteiger partial charge in [-0.3, -0.25) is 0 Å². The summed E-state index contributed by atoms with van der Waals surface area (Å²) in [5, 5.41) is 5.35. The lowest BCUT2D eigenvalue weighted by atomic mass is 10.2. The number of nitrogens with zero attached hydrogens (tertiary/aromatic N) is 2. The minimum absolute atomic E-state index is 0.153. The van der Waals surface area contributed by atoms with Gasteiger partial charge in [-0.05, 0) is 18.4 Å². The molecule has 0 aromatic carbocycles. The third-order valence-electron chi connectivity index (χ3n) is 3.43. The van der Waals surface area contributed by atoms with E-state index in [1.165, 1.54) is 4.88 Å². The predicted molar refractivity (Wildman–Crippen MR) is 75.1 cm³/mol. The molecule has 0 bridgehead atoms. The van der Waals surface area contributed by atoms with Crippen LogP contribution in [0.4, 0.5) is 4.79 Å². The average molecular weight is 267 g/mol. The van der Waals surface area contributed by atoms with E-state index in [1.54, 1.807) is 11.3 Å². The van der Waals surface area contributed by atoms with Gasteiger partial charge >= 0.3 is 6.03 Å². The van der Waals surface area contributed by atoms with Gasteiger partial charge in [0.15, 0.2) is 0 Å². The van der Waals surface area contributed by atoms with Crippen molar-refractivity contribution in [2.45, 2.75) is 19.4 Å². The minimum atomic E-state index is 0.153. The van der Waals surface area contributed by atoms with E-state index in [1.807, 2.05) is 16.8 Å². The molecule has 2 amide bonds. The summed E-state index contributed by atoms with van der Waals surface area (Å²) in [5.74, 6) is 0. The summed E-state index contributed by atoms with van der Waals surface area (Å²) in [6.07, 6.45) is 0.937. The smallest absolute Gasteiger partial charge is 0.320 e. The van der Waals surface area contributed by atoms with Crippen molar-refractivity contribution in [2.75, 3.05) is 33.2 Å². The zero-order valence-corrected chi connectivity index (χ0v) is 11.9. The topological polar surface area (TPSA) is 35.6 Å². The third kappa shape index (κ3) is 3.23. The number of urea groups is 1. The van der Waals surface area contributed by atoms with Crippen molar-refractivity contribution in [2.24, 2.45) is 0 Å². The Morgan fingerprint density at radius 2 is 2.28 bits per heavy atom. The molecule has 4 nitrogen and oxygen atoms in total. The molecular weight excluding hydrogens is 246 g/mol. The van der Waals surface area contributed by atoms with Gasteiger partial charge in [0.2, 0.25) is 0 Å². The van der Waals surface area contributed by atoms with Crippen LogP contribution in [0, 0.1) is 0 Å². The molecule has 1 N–H and O–H groups in total. The second-order valence-electron chi connectivity index (χ2n) is 4.76. The number of carbonyl (C=O) groups is 1. The van der Waals surface area contributed by atoms with E-state index in [0.29, 0.717) is 0 Å². The number of piperazine rings is 1. The molecule has 0 saturated carbocycles. The fraction of sp³-hybridized carbons (Fsp3) is 0.615. The van der Waals surface area contributed by atoms with Crippen LogP contribution in [0.1, 0.15) is 11.8 Å². The molecule has 1 aliphatic rings. The van der Waals surface area contributed by atoms with Crippen LogP contribution in [-0.2, 0) is 6.42 Å². The van der Waals surface area contributed by atoms with E-state index in [9.17, 15) is 4.79 Å². The first-order valence-electron chi connectivity index (χ1n) is 6.43.